The molecule has 3 nitrogen and oxygen atoms in total. The molecule has 0 heterocycles. The van der Waals surface area contributed by atoms with Crippen LogP contribution in [0.25, 0.3) is 0 Å². The van der Waals surface area contributed by atoms with E-state index in [9.17, 15) is 9.59 Å². The fourth-order valence-electron chi connectivity index (χ4n) is 7.48. The monoisotopic (exact) mass is 470 g/mol. The molecule has 1 aromatic rings. The standard InChI is InChI=1S/C26H31BrO3/c1-25-12-10-17(28)14-21(25)22(27)15-18-19-8-9-23(26(19,2)13-11-20(18)25)30-24(29)16-6-4-3-5-7-16/h3-7,14,18-20,22-23H,8-13,15H2,1-2H3/t18-,19-,20-,22?,23-,25+,26-/m0/s1. The van der Waals surface area contributed by atoms with E-state index >= 15 is 0 Å². The molecule has 4 aliphatic rings. The number of alkyl halides is 1. The van der Waals surface area contributed by atoms with E-state index in [-0.39, 0.29) is 22.9 Å². The maximum Gasteiger partial charge on any atom is 0.338 e. The van der Waals surface area contributed by atoms with Crippen LogP contribution < -0.4 is 0 Å². The Bertz CT molecular complexity index is 893. The Morgan fingerprint density at radius 2 is 1.83 bits per heavy atom. The van der Waals surface area contributed by atoms with Crippen molar-refractivity contribution in [2.75, 3.05) is 0 Å². The molecular formula is C26H31BrO3. The topological polar surface area (TPSA) is 43.4 Å². The smallest absolute Gasteiger partial charge is 0.338 e. The van der Waals surface area contributed by atoms with Crippen LogP contribution in [0.15, 0.2) is 42.0 Å². The molecule has 30 heavy (non-hydrogen) atoms. The molecule has 7 atom stereocenters. The van der Waals surface area contributed by atoms with Gasteiger partial charge in [0.15, 0.2) is 5.78 Å². The summed E-state index contributed by atoms with van der Waals surface area (Å²) in [5, 5.41) is 0. The Balaban J connectivity index is 1.39. The molecule has 3 saturated carbocycles. The molecule has 1 aromatic carbocycles. The van der Waals surface area contributed by atoms with Crippen molar-refractivity contribution >= 4 is 27.7 Å². The van der Waals surface area contributed by atoms with Crippen molar-refractivity contribution in [1.29, 1.82) is 0 Å². The van der Waals surface area contributed by atoms with Gasteiger partial charge in [-0.3, -0.25) is 4.79 Å². The minimum atomic E-state index is -0.186. The summed E-state index contributed by atoms with van der Waals surface area (Å²) in [6.07, 6.45) is 9.09. The molecule has 0 saturated heterocycles. The quantitative estimate of drug-likeness (QED) is 0.386. The summed E-state index contributed by atoms with van der Waals surface area (Å²) in [7, 11) is 0. The molecule has 0 radical (unpaired) electrons. The van der Waals surface area contributed by atoms with E-state index in [1.807, 2.05) is 36.4 Å². The van der Waals surface area contributed by atoms with Gasteiger partial charge < -0.3 is 4.74 Å². The van der Waals surface area contributed by atoms with Crippen LogP contribution in [-0.2, 0) is 9.53 Å². The van der Waals surface area contributed by atoms with Crippen LogP contribution in [0.4, 0.5) is 0 Å². The number of allylic oxidation sites excluding steroid dienone is 1. The van der Waals surface area contributed by atoms with Gasteiger partial charge in [-0.05, 0) is 85.5 Å². The van der Waals surface area contributed by atoms with Crippen LogP contribution in [0.5, 0.6) is 0 Å². The predicted molar refractivity (Wildman–Crippen MR) is 120 cm³/mol. The Morgan fingerprint density at radius 3 is 2.60 bits per heavy atom. The van der Waals surface area contributed by atoms with Crippen molar-refractivity contribution in [1.82, 2.24) is 0 Å². The highest BCUT2D eigenvalue weighted by molar-refractivity contribution is 9.09. The summed E-state index contributed by atoms with van der Waals surface area (Å²) in [5.41, 5.74) is 2.17. The second-order valence-electron chi connectivity index (χ2n) is 10.4. The third kappa shape index (κ3) is 3.04. The van der Waals surface area contributed by atoms with Crippen LogP contribution >= 0.6 is 15.9 Å². The summed E-state index contributed by atoms with van der Waals surface area (Å²) in [6, 6.07) is 9.37. The zero-order chi connectivity index (χ0) is 21.1. The minimum Gasteiger partial charge on any atom is -0.458 e. The zero-order valence-corrected chi connectivity index (χ0v) is 19.5. The third-order valence-electron chi connectivity index (χ3n) is 9.11. The van der Waals surface area contributed by atoms with Crippen LogP contribution in [0, 0.1) is 28.6 Å². The van der Waals surface area contributed by atoms with Crippen LogP contribution in [0.1, 0.15) is 69.2 Å². The second kappa shape index (κ2) is 7.32. The summed E-state index contributed by atoms with van der Waals surface area (Å²) in [6.45, 7) is 4.77. The fourth-order valence-corrected chi connectivity index (χ4v) is 8.56. The Labute approximate surface area is 187 Å². The molecule has 0 aliphatic heterocycles. The lowest BCUT2D eigenvalue weighted by atomic mass is 9.47. The molecule has 4 aliphatic carbocycles. The summed E-state index contributed by atoms with van der Waals surface area (Å²) >= 11 is 3.95. The number of fused-ring (bicyclic) bond motifs is 5. The van der Waals surface area contributed by atoms with Crippen molar-refractivity contribution in [3.63, 3.8) is 0 Å². The largest absolute Gasteiger partial charge is 0.458 e. The number of rotatable bonds is 2. The number of hydrogen-bond donors (Lipinski definition) is 0. The summed E-state index contributed by atoms with van der Waals surface area (Å²) < 4.78 is 6.12. The molecular weight excluding hydrogens is 440 g/mol. The van der Waals surface area contributed by atoms with Crippen molar-refractivity contribution in [2.45, 2.75) is 69.7 Å². The van der Waals surface area contributed by atoms with Gasteiger partial charge >= 0.3 is 5.97 Å². The van der Waals surface area contributed by atoms with Crippen molar-refractivity contribution in [2.24, 2.45) is 28.6 Å². The maximum absolute atomic E-state index is 12.8. The molecule has 1 unspecified atom stereocenters. The molecule has 0 spiro atoms. The number of hydrogen-bond acceptors (Lipinski definition) is 3. The number of esters is 1. The second-order valence-corrected chi connectivity index (χ2v) is 11.6. The number of ether oxygens (including phenoxy) is 1. The van der Waals surface area contributed by atoms with Gasteiger partial charge in [0.1, 0.15) is 6.10 Å². The molecule has 4 heteroatoms. The lowest BCUT2D eigenvalue weighted by Gasteiger charge is -2.59. The maximum atomic E-state index is 12.8. The average molecular weight is 471 g/mol. The molecule has 0 N–H and O–H groups in total. The minimum absolute atomic E-state index is 0.00242. The number of ketones is 1. The SMILES string of the molecule is C[C@]12CC[C@H]3[C@@H](CC(Br)C4=CC(=O)CC[C@@]43C)[C@@H]1CC[C@@H]2OC(=O)c1ccccc1. The van der Waals surface area contributed by atoms with Gasteiger partial charge in [0.25, 0.3) is 0 Å². The van der Waals surface area contributed by atoms with E-state index in [2.05, 4.69) is 29.8 Å². The number of carbonyl (C=O) groups is 2. The van der Waals surface area contributed by atoms with Gasteiger partial charge in [-0.15, -0.1) is 0 Å². The number of halogens is 1. The van der Waals surface area contributed by atoms with Crippen molar-refractivity contribution < 1.29 is 14.3 Å². The highest BCUT2D eigenvalue weighted by Crippen LogP contribution is 2.66. The highest BCUT2D eigenvalue weighted by atomic mass is 79.9. The molecule has 0 bridgehead atoms. The van der Waals surface area contributed by atoms with E-state index in [4.69, 9.17) is 4.74 Å². The van der Waals surface area contributed by atoms with Gasteiger partial charge in [0, 0.05) is 16.7 Å². The molecule has 0 aromatic heterocycles. The van der Waals surface area contributed by atoms with Gasteiger partial charge in [0.2, 0.25) is 0 Å². The van der Waals surface area contributed by atoms with E-state index in [1.165, 1.54) is 12.0 Å². The van der Waals surface area contributed by atoms with Gasteiger partial charge in [0.05, 0.1) is 5.56 Å². The number of carbonyl (C=O) groups excluding carboxylic acids is 2. The van der Waals surface area contributed by atoms with Gasteiger partial charge in [-0.1, -0.05) is 48.0 Å². The Kier molecular flexibility index (Phi) is 5.00. The van der Waals surface area contributed by atoms with Crippen LogP contribution in [-0.4, -0.2) is 22.7 Å². The van der Waals surface area contributed by atoms with E-state index in [0.29, 0.717) is 40.3 Å². The molecule has 160 valence electrons. The Hall–Kier alpha value is -1.42. The van der Waals surface area contributed by atoms with E-state index in [0.717, 1.165) is 32.1 Å². The molecule has 5 rings (SSSR count). The van der Waals surface area contributed by atoms with E-state index in [1.54, 1.807) is 0 Å². The highest BCUT2D eigenvalue weighted by Gasteiger charge is 2.61. The van der Waals surface area contributed by atoms with Crippen molar-refractivity contribution in [3.8, 4) is 0 Å². The summed E-state index contributed by atoms with van der Waals surface area (Å²) in [5.74, 6) is 1.95. The molecule has 3 fully saturated rings. The predicted octanol–water partition coefficient (Wildman–Crippen LogP) is 6.12. The lowest BCUT2D eigenvalue weighted by molar-refractivity contribution is -0.117. The average Bonchev–Trinajstić information content (AvgIpc) is 3.06. The first kappa shape index (κ1) is 20.5. The van der Waals surface area contributed by atoms with Crippen LogP contribution in [0.3, 0.4) is 0 Å². The first-order valence-electron chi connectivity index (χ1n) is 11.5. The Morgan fingerprint density at radius 1 is 1.07 bits per heavy atom. The normalized spacial score (nSPS) is 42.6. The summed E-state index contributed by atoms with van der Waals surface area (Å²) in [4.78, 5) is 25.2. The fraction of sp³-hybridized carbons (Fsp3) is 0.615. The van der Waals surface area contributed by atoms with Gasteiger partial charge in [-0.2, -0.15) is 0 Å². The van der Waals surface area contributed by atoms with Crippen LogP contribution in [0.2, 0.25) is 0 Å². The number of benzene rings is 1. The molecule has 0 amide bonds. The van der Waals surface area contributed by atoms with Crippen molar-refractivity contribution in [3.05, 3.63) is 47.5 Å². The van der Waals surface area contributed by atoms with E-state index < -0.39 is 0 Å². The third-order valence-corrected chi connectivity index (χ3v) is 9.98. The van der Waals surface area contributed by atoms with Gasteiger partial charge in [-0.25, -0.2) is 4.79 Å². The first-order chi connectivity index (χ1) is 14.3. The zero-order valence-electron chi connectivity index (χ0n) is 17.9. The first-order valence-corrected chi connectivity index (χ1v) is 12.4. The lowest BCUT2D eigenvalue weighted by Crippen LogP contribution is -2.53.